The van der Waals surface area contributed by atoms with Crippen LogP contribution < -0.4 is 5.32 Å². The third-order valence-electron chi connectivity index (χ3n) is 5.71. The van der Waals surface area contributed by atoms with E-state index in [-0.39, 0.29) is 30.2 Å². The highest BCUT2D eigenvalue weighted by atomic mass is 32.1. The molecule has 0 bridgehead atoms. The predicted octanol–water partition coefficient (Wildman–Crippen LogP) is 3.53. The van der Waals surface area contributed by atoms with Crippen molar-refractivity contribution in [2.45, 2.75) is 70.6 Å². The second-order valence-corrected chi connectivity index (χ2v) is 10.5. The lowest BCUT2D eigenvalue weighted by atomic mass is 9.99. The van der Waals surface area contributed by atoms with Crippen molar-refractivity contribution in [1.82, 2.24) is 30.4 Å². The molecular formula is C24H30N6O3S. The molecule has 1 atom stereocenters. The van der Waals surface area contributed by atoms with Gasteiger partial charge in [0.1, 0.15) is 18.3 Å². The van der Waals surface area contributed by atoms with E-state index in [9.17, 15) is 14.7 Å². The number of tetrazole rings is 1. The second-order valence-electron chi connectivity index (χ2n) is 9.59. The smallest absolute Gasteiger partial charge is 0.247 e. The van der Waals surface area contributed by atoms with E-state index in [2.05, 4.69) is 20.7 Å². The third-order valence-corrected chi connectivity index (χ3v) is 6.58. The maximum atomic E-state index is 13.7. The van der Waals surface area contributed by atoms with E-state index in [0.29, 0.717) is 11.4 Å². The molecule has 2 heterocycles. The molecule has 1 aromatic carbocycles. The van der Waals surface area contributed by atoms with Gasteiger partial charge in [-0.1, -0.05) is 31.0 Å². The van der Waals surface area contributed by atoms with Gasteiger partial charge in [-0.25, -0.2) is 0 Å². The van der Waals surface area contributed by atoms with Crippen molar-refractivity contribution in [3.8, 4) is 16.5 Å². The number of aromatic hydroxyl groups is 1. The third kappa shape index (κ3) is 5.61. The van der Waals surface area contributed by atoms with Crippen molar-refractivity contribution in [2.24, 2.45) is 0 Å². The van der Waals surface area contributed by atoms with E-state index in [1.165, 1.54) is 28.3 Å². The average Bonchev–Trinajstić information content (AvgIpc) is 3.53. The highest BCUT2D eigenvalue weighted by Gasteiger charge is 2.38. The maximum absolute atomic E-state index is 13.7. The zero-order valence-corrected chi connectivity index (χ0v) is 20.5. The molecule has 1 aliphatic carbocycles. The topological polar surface area (TPSA) is 113 Å². The summed E-state index contributed by atoms with van der Waals surface area (Å²) in [6.07, 6.45) is 3.66. The number of nitrogens with zero attached hydrogens (tertiary/aromatic N) is 5. The fourth-order valence-electron chi connectivity index (χ4n) is 4.29. The summed E-state index contributed by atoms with van der Waals surface area (Å²) in [5.74, 6) is 0.0644. The van der Waals surface area contributed by atoms with Gasteiger partial charge in [-0.3, -0.25) is 9.59 Å². The number of hydrogen-bond acceptors (Lipinski definition) is 7. The van der Waals surface area contributed by atoms with Crippen LogP contribution in [0.5, 0.6) is 5.75 Å². The lowest BCUT2D eigenvalue weighted by Gasteiger charge is -2.37. The largest absolute Gasteiger partial charge is 0.508 e. The molecule has 2 aromatic heterocycles. The Kier molecular flexibility index (Phi) is 6.97. The van der Waals surface area contributed by atoms with Crippen LogP contribution >= 0.6 is 11.3 Å². The van der Waals surface area contributed by atoms with Crippen LogP contribution in [0.25, 0.3) is 10.7 Å². The summed E-state index contributed by atoms with van der Waals surface area (Å²) in [6, 6.07) is 9.36. The molecule has 3 aromatic rings. The Hall–Kier alpha value is -3.27. The van der Waals surface area contributed by atoms with Gasteiger partial charge in [0.15, 0.2) is 0 Å². The molecular weight excluding hydrogens is 452 g/mol. The highest BCUT2D eigenvalue weighted by Crippen LogP contribution is 2.33. The quantitative estimate of drug-likeness (QED) is 0.533. The number of phenolic OH excluding ortho intramolecular Hbond substituents is 1. The van der Waals surface area contributed by atoms with Gasteiger partial charge in [0, 0.05) is 11.6 Å². The van der Waals surface area contributed by atoms with Gasteiger partial charge >= 0.3 is 0 Å². The SMILES string of the molecule is CC(C)(C)NC(=O)[C@H](c1ccc(O)cc1)N(C(=O)Cn1nnc(-c2cccs2)n1)C1CCCC1. The number of thiophene rings is 1. The molecule has 2 amide bonds. The van der Waals surface area contributed by atoms with Crippen molar-refractivity contribution in [3.05, 3.63) is 47.3 Å². The van der Waals surface area contributed by atoms with E-state index < -0.39 is 11.6 Å². The van der Waals surface area contributed by atoms with Gasteiger partial charge in [0.05, 0.1) is 4.88 Å². The molecule has 4 rings (SSSR count). The minimum Gasteiger partial charge on any atom is -0.508 e. The Balaban J connectivity index is 1.66. The molecule has 9 nitrogen and oxygen atoms in total. The van der Waals surface area contributed by atoms with Crippen molar-refractivity contribution in [2.75, 3.05) is 0 Å². The molecule has 0 saturated heterocycles. The normalized spacial score (nSPS) is 15.3. The molecule has 1 saturated carbocycles. The lowest BCUT2D eigenvalue weighted by molar-refractivity contribution is -0.145. The minimum absolute atomic E-state index is 0.0719. The Labute approximate surface area is 202 Å². The molecule has 0 unspecified atom stereocenters. The summed E-state index contributed by atoms with van der Waals surface area (Å²) in [4.78, 5) is 31.1. The van der Waals surface area contributed by atoms with Crippen LogP contribution in [0, 0.1) is 0 Å². The molecule has 0 aliphatic heterocycles. The Morgan fingerprint density at radius 3 is 2.53 bits per heavy atom. The van der Waals surface area contributed by atoms with Crippen LogP contribution in [-0.4, -0.2) is 53.6 Å². The van der Waals surface area contributed by atoms with Crippen molar-refractivity contribution in [3.63, 3.8) is 0 Å². The van der Waals surface area contributed by atoms with Crippen LogP contribution in [0.4, 0.5) is 0 Å². The molecule has 1 aliphatic rings. The number of amides is 2. The number of hydrogen-bond donors (Lipinski definition) is 2. The molecule has 0 spiro atoms. The zero-order valence-electron chi connectivity index (χ0n) is 19.6. The first-order valence-corrected chi connectivity index (χ1v) is 12.3. The minimum atomic E-state index is -0.837. The Bertz CT molecular complexity index is 1110. The fourth-order valence-corrected chi connectivity index (χ4v) is 4.94. The molecule has 0 radical (unpaired) electrons. The second kappa shape index (κ2) is 9.92. The van der Waals surface area contributed by atoms with Gasteiger partial charge in [-0.15, -0.1) is 21.5 Å². The van der Waals surface area contributed by atoms with Crippen LogP contribution in [0.1, 0.15) is 58.1 Å². The van der Waals surface area contributed by atoms with Crippen molar-refractivity contribution >= 4 is 23.2 Å². The first kappa shape index (κ1) is 23.9. The van der Waals surface area contributed by atoms with Crippen LogP contribution in [-0.2, 0) is 16.1 Å². The number of carbonyl (C=O) groups is 2. The number of rotatable bonds is 7. The van der Waals surface area contributed by atoms with Gasteiger partial charge in [0.25, 0.3) is 0 Å². The summed E-state index contributed by atoms with van der Waals surface area (Å²) in [5.41, 5.74) is 0.172. The summed E-state index contributed by atoms with van der Waals surface area (Å²) < 4.78 is 0. The number of carbonyl (C=O) groups excluding carboxylic acids is 2. The van der Waals surface area contributed by atoms with Gasteiger partial charge in [-0.05, 0) is 68.0 Å². The van der Waals surface area contributed by atoms with Crippen molar-refractivity contribution < 1.29 is 14.7 Å². The summed E-state index contributed by atoms with van der Waals surface area (Å²) in [5, 5.41) is 27.3. The Morgan fingerprint density at radius 2 is 1.91 bits per heavy atom. The first-order valence-electron chi connectivity index (χ1n) is 11.4. The first-order chi connectivity index (χ1) is 16.2. The number of aromatic nitrogens is 4. The lowest BCUT2D eigenvalue weighted by Crippen LogP contribution is -2.52. The monoisotopic (exact) mass is 482 g/mol. The summed E-state index contributed by atoms with van der Waals surface area (Å²) in [7, 11) is 0. The molecule has 2 N–H and O–H groups in total. The maximum Gasteiger partial charge on any atom is 0.247 e. The standard InChI is InChI=1S/C24H30N6O3S/c1-24(2,3)25-23(33)21(16-10-12-18(31)13-11-16)30(17-7-4-5-8-17)20(32)15-29-27-22(26-28-29)19-9-6-14-34-19/h6,9-14,17,21,31H,4-5,7-8,15H2,1-3H3,(H,25,33)/t21-/m0/s1. The van der Waals surface area contributed by atoms with E-state index in [0.717, 1.165) is 30.6 Å². The molecule has 34 heavy (non-hydrogen) atoms. The van der Waals surface area contributed by atoms with E-state index in [1.807, 2.05) is 38.3 Å². The predicted molar refractivity (Wildman–Crippen MR) is 129 cm³/mol. The van der Waals surface area contributed by atoms with Crippen LogP contribution in [0.3, 0.4) is 0 Å². The van der Waals surface area contributed by atoms with E-state index in [1.54, 1.807) is 17.0 Å². The summed E-state index contributed by atoms with van der Waals surface area (Å²) >= 11 is 1.50. The van der Waals surface area contributed by atoms with Gasteiger partial charge < -0.3 is 15.3 Å². The number of phenols is 1. The Morgan fingerprint density at radius 1 is 1.21 bits per heavy atom. The molecule has 1 fully saturated rings. The summed E-state index contributed by atoms with van der Waals surface area (Å²) in [6.45, 7) is 5.61. The number of benzene rings is 1. The molecule has 10 heteroatoms. The number of nitrogens with one attached hydrogen (secondary N) is 1. The molecule has 180 valence electrons. The van der Waals surface area contributed by atoms with Crippen molar-refractivity contribution in [1.29, 1.82) is 0 Å². The zero-order chi connectivity index (χ0) is 24.3. The average molecular weight is 483 g/mol. The fraction of sp³-hybridized carbons (Fsp3) is 0.458. The highest BCUT2D eigenvalue weighted by molar-refractivity contribution is 7.13. The van der Waals surface area contributed by atoms with E-state index in [4.69, 9.17) is 0 Å². The van der Waals surface area contributed by atoms with E-state index >= 15 is 0 Å². The van der Waals surface area contributed by atoms with Crippen LogP contribution in [0.2, 0.25) is 0 Å². The van der Waals surface area contributed by atoms with Gasteiger partial charge in [-0.2, -0.15) is 4.80 Å². The van der Waals surface area contributed by atoms with Crippen LogP contribution in [0.15, 0.2) is 41.8 Å². The van der Waals surface area contributed by atoms with Gasteiger partial charge in [0.2, 0.25) is 17.6 Å².